The summed E-state index contributed by atoms with van der Waals surface area (Å²) < 4.78 is 7.44. The van der Waals surface area contributed by atoms with E-state index >= 15 is 0 Å². The second-order valence-electron chi connectivity index (χ2n) is 7.10. The molecule has 3 aliphatic rings. The molecule has 2 amide bonds. The fourth-order valence-electron chi connectivity index (χ4n) is 3.75. The molecule has 24 heavy (non-hydrogen) atoms. The Morgan fingerprint density at radius 1 is 1.38 bits per heavy atom. The molecule has 1 N–H and O–H groups in total. The fourth-order valence-corrected chi connectivity index (χ4v) is 3.75. The average molecular weight is 333 g/mol. The van der Waals surface area contributed by atoms with Gasteiger partial charge in [-0.15, -0.1) is 5.10 Å². The first-order chi connectivity index (χ1) is 11.6. The van der Waals surface area contributed by atoms with Gasteiger partial charge in [0.25, 0.3) is 5.91 Å². The second kappa shape index (κ2) is 6.16. The van der Waals surface area contributed by atoms with Crippen molar-refractivity contribution in [3.63, 3.8) is 0 Å². The zero-order valence-corrected chi connectivity index (χ0v) is 13.9. The summed E-state index contributed by atoms with van der Waals surface area (Å²) in [6, 6.07) is 0. The molecule has 0 spiro atoms. The third-order valence-electron chi connectivity index (χ3n) is 5.30. The molecule has 3 atom stereocenters. The van der Waals surface area contributed by atoms with E-state index in [-0.39, 0.29) is 29.7 Å². The van der Waals surface area contributed by atoms with Gasteiger partial charge in [-0.25, -0.2) is 4.98 Å². The number of nitrogens with one attached hydrogen (secondary N) is 1. The van der Waals surface area contributed by atoms with Crippen molar-refractivity contribution in [2.75, 3.05) is 26.2 Å². The van der Waals surface area contributed by atoms with Crippen LogP contribution in [0.5, 0.6) is 0 Å². The maximum Gasteiger partial charge on any atom is 0.293 e. The van der Waals surface area contributed by atoms with Gasteiger partial charge < -0.3 is 15.0 Å². The van der Waals surface area contributed by atoms with Crippen molar-refractivity contribution >= 4 is 11.8 Å². The zero-order valence-electron chi connectivity index (χ0n) is 13.9. The van der Waals surface area contributed by atoms with Crippen molar-refractivity contribution in [1.29, 1.82) is 0 Å². The van der Waals surface area contributed by atoms with Gasteiger partial charge in [-0.2, -0.15) is 0 Å². The summed E-state index contributed by atoms with van der Waals surface area (Å²) >= 11 is 0. The third kappa shape index (κ3) is 3.02. The SMILES string of the molecule is Cn1cnc(C(=O)N2CC[C@@H]3[C@@H](CO[C@H]3CNC(=O)C3CC3)C2)n1. The lowest BCUT2D eigenvalue weighted by atomic mass is 9.84. The number of ether oxygens (including phenoxy) is 1. The molecular weight excluding hydrogens is 310 g/mol. The number of hydrogen-bond donors (Lipinski definition) is 1. The first-order valence-corrected chi connectivity index (χ1v) is 8.66. The maximum absolute atomic E-state index is 12.5. The van der Waals surface area contributed by atoms with Crippen LogP contribution in [-0.2, 0) is 16.6 Å². The molecule has 0 aromatic carbocycles. The van der Waals surface area contributed by atoms with E-state index in [1.165, 1.54) is 11.0 Å². The molecule has 3 fully saturated rings. The van der Waals surface area contributed by atoms with Crippen molar-refractivity contribution in [2.24, 2.45) is 24.8 Å². The zero-order chi connectivity index (χ0) is 16.7. The number of aryl methyl sites for hydroxylation is 1. The molecule has 130 valence electrons. The first kappa shape index (κ1) is 15.6. The van der Waals surface area contributed by atoms with E-state index in [4.69, 9.17) is 4.74 Å². The summed E-state index contributed by atoms with van der Waals surface area (Å²) in [7, 11) is 1.75. The topological polar surface area (TPSA) is 89.4 Å². The minimum atomic E-state index is -0.112. The summed E-state index contributed by atoms with van der Waals surface area (Å²) in [4.78, 5) is 30.1. The van der Waals surface area contributed by atoms with Gasteiger partial charge in [-0.3, -0.25) is 14.3 Å². The Hall–Kier alpha value is -1.96. The van der Waals surface area contributed by atoms with Crippen molar-refractivity contribution in [1.82, 2.24) is 25.0 Å². The average Bonchev–Trinajstić information content (AvgIpc) is 3.23. The van der Waals surface area contributed by atoms with Gasteiger partial charge in [-0.1, -0.05) is 0 Å². The summed E-state index contributed by atoms with van der Waals surface area (Å²) in [5.74, 6) is 1.27. The minimum absolute atomic E-state index is 0.0722. The predicted octanol–water partition coefficient (Wildman–Crippen LogP) is -0.182. The summed E-state index contributed by atoms with van der Waals surface area (Å²) in [6.07, 6.45) is 4.54. The number of carbonyl (C=O) groups is 2. The molecule has 0 radical (unpaired) electrons. The number of hydrogen-bond acceptors (Lipinski definition) is 5. The van der Waals surface area contributed by atoms with E-state index in [1.54, 1.807) is 7.05 Å². The van der Waals surface area contributed by atoms with E-state index in [0.717, 1.165) is 19.3 Å². The van der Waals surface area contributed by atoms with Crippen molar-refractivity contribution in [2.45, 2.75) is 25.4 Å². The molecule has 1 aromatic heterocycles. The highest BCUT2D eigenvalue weighted by Crippen LogP contribution is 2.35. The quantitative estimate of drug-likeness (QED) is 0.825. The van der Waals surface area contributed by atoms with Gasteiger partial charge in [0.2, 0.25) is 11.7 Å². The third-order valence-corrected chi connectivity index (χ3v) is 5.30. The monoisotopic (exact) mass is 333 g/mol. The summed E-state index contributed by atoms with van der Waals surface area (Å²) in [5, 5.41) is 7.11. The van der Waals surface area contributed by atoms with Crippen LogP contribution in [-0.4, -0.2) is 63.8 Å². The summed E-state index contributed by atoms with van der Waals surface area (Å²) in [6.45, 7) is 2.60. The van der Waals surface area contributed by atoms with Gasteiger partial charge in [0.1, 0.15) is 6.33 Å². The van der Waals surface area contributed by atoms with E-state index in [1.807, 2.05) is 4.90 Å². The molecule has 0 bridgehead atoms. The molecular formula is C16H23N5O3. The van der Waals surface area contributed by atoms with Crippen LogP contribution >= 0.6 is 0 Å². The predicted molar refractivity (Wildman–Crippen MR) is 84.0 cm³/mol. The van der Waals surface area contributed by atoms with Crippen molar-refractivity contribution in [3.8, 4) is 0 Å². The number of aromatic nitrogens is 3. The normalized spacial score (nSPS) is 29.4. The van der Waals surface area contributed by atoms with Gasteiger partial charge in [0, 0.05) is 38.5 Å². The van der Waals surface area contributed by atoms with Gasteiger partial charge in [0.05, 0.1) is 12.7 Å². The van der Waals surface area contributed by atoms with Crippen LogP contribution in [0.25, 0.3) is 0 Å². The standard InChI is InChI=1S/C16H23N5O3/c1-20-9-18-14(19-20)16(23)21-5-4-12-11(7-21)8-24-13(12)6-17-15(22)10-2-3-10/h9-13H,2-8H2,1H3,(H,17,22)/t11-,12-,13+/m1/s1. The molecule has 8 heteroatoms. The Balaban J connectivity index is 1.32. The highest BCUT2D eigenvalue weighted by atomic mass is 16.5. The molecule has 0 unspecified atom stereocenters. The van der Waals surface area contributed by atoms with Gasteiger partial charge in [-0.05, 0) is 25.2 Å². The van der Waals surface area contributed by atoms with Gasteiger partial charge >= 0.3 is 0 Å². The number of likely N-dealkylation sites (tertiary alicyclic amines) is 1. The van der Waals surface area contributed by atoms with Crippen LogP contribution in [0.1, 0.15) is 29.9 Å². The van der Waals surface area contributed by atoms with Crippen LogP contribution < -0.4 is 5.32 Å². The highest BCUT2D eigenvalue weighted by molar-refractivity contribution is 5.90. The number of piperidine rings is 1. The Morgan fingerprint density at radius 2 is 2.21 bits per heavy atom. The van der Waals surface area contributed by atoms with Crippen LogP contribution in [0, 0.1) is 17.8 Å². The first-order valence-electron chi connectivity index (χ1n) is 8.66. The van der Waals surface area contributed by atoms with E-state index in [0.29, 0.717) is 38.1 Å². The second-order valence-corrected chi connectivity index (χ2v) is 7.10. The number of fused-ring (bicyclic) bond motifs is 1. The Morgan fingerprint density at radius 3 is 2.92 bits per heavy atom. The molecule has 3 heterocycles. The van der Waals surface area contributed by atoms with Crippen LogP contribution in [0.3, 0.4) is 0 Å². The number of rotatable bonds is 4. The highest BCUT2D eigenvalue weighted by Gasteiger charge is 2.42. The van der Waals surface area contributed by atoms with Crippen molar-refractivity contribution < 1.29 is 14.3 Å². The lowest BCUT2D eigenvalue weighted by Crippen LogP contribution is -2.46. The Labute approximate surface area is 140 Å². The molecule has 4 rings (SSSR count). The summed E-state index contributed by atoms with van der Waals surface area (Å²) in [5.41, 5.74) is 0. The molecule has 1 aromatic rings. The van der Waals surface area contributed by atoms with Gasteiger partial charge in [0.15, 0.2) is 0 Å². The largest absolute Gasteiger partial charge is 0.376 e. The molecule has 2 saturated heterocycles. The van der Waals surface area contributed by atoms with Crippen LogP contribution in [0.15, 0.2) is 6.33 Å². The number of amides is 2. The maximum atomic E-state index is 12.5. The van der Waals surface area contributed by atoms with Crippen LogP contribution in [0.2, 0.25) is 0 Å². The molecule has 2 aliphatic heterocycles. The smallest absolute Gasteiger partial charge is 0.293 e. The molecule has 1 aliphatic carbocycles. The van der Waals surface area contributed by atoms with Crippen LogP contribution in [0.4, 0.5) is 0 Å². The lowest BCUT2D eigenvalue weighted by Gasteiger charge is -2.35. The van der Waals surface area contributed by atoms with E-state index < -0.39 is 0 Å². The molecule has 8 nitrogen and oxygen atoms in total. The number of nitrogens with zero attached hydrogens (tertiary/aromatic N) is 4. The van der Waals surface area contributed by atoms with E-state index in [9.17, 15) is 9.59 Å². The lowest BCUT2D eigenvalue weighted by molar-refractivity contribution is -0.122. The van der Waals surface area contributed by atoms with Crippen molar-refractivity contribution in [3.05, 3.63) is 12.2 Å². The Bertz CT molecular complexity index is 641. The minimum Gasteiger partial charge on any atom is -0.376 e. The molecule has 1 saturated carbocycles. The number of carbonyl (C=O) groups excluding carboxylic acids is 2. The Kier molecular flexibility index (Phi) is 3.99. The van der Waals surface area contributed by atoms with E-state index in [2.05, 4.69) is 15.4 Å². The fraction of sp³-hybridized carbons (Fsp3) is 0.750.